The number of aromatic nitrogens is 4. The number of carbonyl (C=O) groups excluding carboxylic acids is 1. The fourth-order valence-corrected chi connectivity index (χ4v) is 4.41. The van der Waals surface area contributed by atoms with Gasteiger partial charge in [-0.05, 0) is 24.1 Å². The molecule has 1 saturated heterocycles. The van der Waals surface area contributed by atoms with E-state index in [4.69, 9.17) is 10.7 Å². The zero-order valence-corrected chi connectivity index (χ0v) is 20.4. The van der Waals surface area contributed by atoms with E-state index in [2.05, 4.69) is 63.3 Å². The van der Waals surface area contributed by atoms with Crippen molar-refractivity contribution in [3.8, 4) is 22.8 Å². The van der Waals surface area contributed by atoms with Gasteiger partial charge in [0.05, 0.1) is 24.1 Å². The Morgan fingerprint density at radius 1 is 1.21 bits per heavy atom. The van der Waals surface area contributed by atoms with Crippen LogP contribution in [0, 0.1) is 5.92 Å². The number of amides is 1. The summed E-state index contributed by atoms with van der Waals surface area (Å²) in [6, 6.07) is 8.45. The van der Waals surface area contributed by atoms with Crippen molar-refractivity contribution < 1.29 is 4.79 Å². The molecule has 34 heavy (non-hydrogen) atoms. The number of carbonyl (C=O) groups is 1. The van der Waals surface area contributed by atoms with E-state index in [0.717, 1.165) is 23.6 Å². The highest BCUT2D eigenvalue weighted by atomic mass is 16.2. The summed E-state index contributed by atoms with van der Waals surface area (Å²) in [5.74, 6) is 2.19. The van der Waals surface area contributed by atoms with E-state index < -0.39 is 0 Å². The molecule has 0 bridgehead atoms. The van der Waals surface area contributed by atoms with Gasteiger partial charge in [0.1, 0.15) is 5.82 Å². The molecule has 0 radical (unpaired) electrons. The fraction of sp³-hybridized carbons (Fsp3) is 0.440. The molecule has 4 rings (SSSR count). The Morgan fingerprint density at radius 3 is 2.65 bits per heavy atom. The highest BCUT2D eigenvalue weighted by Crippen LogP contribution is 2.28. The van der Waals surface area contributed by atoms with Gasteiger partial charge in [-0.2, -0.15) is 0 Å². The summed E-state index contributed by atoms with van der Waals surface area (Å²) in [7, 11) is 1.93. The second-order valence-corrected chi connectivity index (χ2v) is 9.03. The van der Waals surface area contributed by atoms with E-state index in [-0.39, 0.29) is 11.9 Å². The maximum atomic E-state index is 12.4. The van der Waals surface area contributed by atoms with Gasteiger partial charge in [-0.3, -0.25) is 4.79 Å². The van der Waals surface area contributed by atoms with E-state index in [1.807, 2.05) is 18.9 Å². The van der Waals surface area contributed by atoms with Crippen LogP contribution in [0.3, 0.4) is 0 Å². The number of nitrogen functional groups attached to an aromatic ring is 1. The van der Waals surface area contributed by atoms with Crippen molar-refractivity contribution >= 4 is 17.5 Å². The van der Waals surface area contributed by atoms with Crippen molar-refractivity contribution in [2.24, 2.45) is 5.92 Å². The Morgan fingerprint density at radius 2 is 1.97 bits per heavy atom. The topological polar surface area (TPSA) is 116 Å². The Hall–Kier alpha value is -3.46. The predicted molar refractivity (Wildman–Crippen MR) is 135 cm³/mol. The summed E-state index contributed by atoms with van der Waals surface area (Å²) < 4.78 is 0. The Balaban J connectivity index is 1.57. The number of nitrogens with one attached hydrogen (secondary N) is 2. The second kappa shape index (κ2) is 10.2. The molecule has 1 amide bonds. The number of imidazole rings is 1. The van der Waals surface area contributed by atoms with E-state index in [0.29, 0.717) is 49.3 Å². The highest BCUT2D eigenvalue weighted by Gasteiger charge is 2.32. The number of hydrogen-bond donors (Lipinski definition) is 3. The van der Waals surface area contributed by atoms with Crippen LogP contribution in [-0.2, 0) is 11.3 Å². The van der Waals surface area contributed by atoms with Crippen molar-refractivity contribution in [3.63, 3.8) is 0 Å². The first kappa shape index (κ1) is 23.7. The molecule has 3 heterocycles. The van der Waals surface area contributed by atoms with E-state index >= 15 is 0 Å². The SMILES string of the molecule is CCC(=O)N1CCN(c2cnc(N)c(-c3ncc(-c4ccc(CNC)cc4)[nH]3)n2)C[C@H]1C(C)C. The molecule has 0 saturated carbocycles. The molecule has 1 aliphatic rings. The van der Waals surface area contributed by atoms with Gasteiger partial charge >= 0.3 is 0 Å². The number of rotatable bonds is 7. The molecule has 0 aliphatic carbocycles. The molecule has 3 aromatic rings. The third-order valence-corrected chi connectivity index (χ3v) is 6.37. The monoisotopic (exact) mass is 462 g/mol. The molecule has 1 atom stereocenters. The molecule has 9 nitrogen and oxygen atoms in total. The zero-order valence-electron chi connectivity index (χ0n) is 20.4. The molecule has 0 unspecified atom stereocenters. The third kappa shape index (κ3) is 4.89. The molecule has 180 valence electrons. The molecule has 1 aliphatic heterocycles. The van der Waals surface area contributed by atoms with Crippen molar-refractivity contribution in [3.05, 3.63) is 42.2 Å². The minimum Gasteiger partial charge on any atom is -0.382 e. The number of piperazine rings is 1. The first-order valence-electron chi connectivity index (χ1n) is 11.9. The van der Waals surface area contributed by atoms with E-state index in [1.54, 1.807) is 12.4 Å². The van der Waals surface area contributed by atoms with Gasteiger partial charge in [-0.25, -0.2) is 15.0 Å². The molecular weight excluding hydrogens is 428 g/mol. The molecule has 2 aromatic heterocycles. The number of H-pyrrole nitrogens is 1. The molecule has 1 aromatic carbocycles. The summed E-state index contributed by atoms with van der Waals surface area (Å²) >= 11 is 0. The molecule has 9 heteroatoms. The van der Waals surface area contributed by atoms with E-state index in [1.165, 1.54) is 5.56 Å². The van der Waals surface area contributed by atoms with Crippen molar-refractivity contribution in [1.82, 2.24) is 30.2 Å². The van der Waals surface area contributed by atoms with Crippen LogP contribution < -0.4 is 16.0 Å². The number of anilines is 2. The van der Waals surface area contributed by atoms with Crippen molar-refractivity contribution in [2.45, 2.75) is 39.8 Å². The largest absolute Gasteiger partial charge is 0.382 e. The van der Waals surface area contributed by atoms with Crippen LogP contribution >= 0.6 is 0 Å². The summed E-state index contributed by atoms with van der Waals surface area (Å²) in [5, 5.41) is 3.15. The maximum absolute atomic E-state index is 12.4. The second-order valence-electron chi connectivity index (χ2n) is 9.03. The molecule has 1 fully saturated rings. The fourth-order valence-electron chi connectivity index (χ4n) is 4.41. The Labute approximate surface area is 200 Å². The normalized spacial score (nSPS) is 16.3. The van der Waals surface area contributed by atoms with Crippen LogP contribution in [0.1, 0.15) is 32.8 Å². The smallest absolute Gasteiger partial charge is 0.222 e. The van der Waals surface area contributed by atoms with Gasteiger partial charge < -0.3 is 25.8 Å². The zero-order chi connectivity index (χ0) is 24.2. The molecular formula is C25H34N8O. The quantitative estimate of drug-likeness (QED) is 0.494. The number of nitrogens with two attached hydrogens (primary N) is 1. The standard InChI is InChI=1S/C25H34N8O/c1-5-22(34)33-11-10-32(15-20(33)16(2)3)21-14-28-24(26)23(31-21)25-29-13-19(30-25)18-8-6-17(7-9-18)12-27-4/h6-9,13-14,16,20,27H,5,10-12,15H2,1-4H3,(H2,26,28)(H,29,30)/t20-/m0/s1. The first-order chi connectivity index (χ1) is 16.4. The first-order valence-corrected chi connectivity index (χ1v) is 11.9. The van der Waals surface area contributed by atoms with Gasteiger partial charge in [0.25, 0.3) is 0 Å². The van der Waals surface area contributed by atoms with Gasteiger partial charge in [0.2, 0.25) is 5.91 Å². The average molecular weight is 463 g/mol. The summed E-state index contributed by atoms with van der Waals surface area (Å²) in [4.78, 5) is 33.7. The lowest BCUT2D eigenvalue weighted by atomic mass is 9.99. The molecule has 0 spiro atoms. The van der Waals surface area contributed by atoms with Crippen molar-refractivity contribution in [2.75, 3.05) is 37.3 Å². The number of hydrogen-bond acceptors (Lipinski definition) is 7. The number of benzene rings is 1. The van der Waals surface area contributed by atoms with Gasteiger partial charge in [0, 0.05) is 32.6 Å². The van der Waals surface area contributed by atoms with Crippen LogP contribution in [0.4, 0.5) is 11.6 Å². The summed E-state index contributed by atoms with van der Waals surface area (Å²) in [6.45, 7) is 9.13. The van der Waals surface area contributed by atoms with Crippen LogP contribution in [0.5, 0.6) is 0 Å². The highest BCUT2D eigenvalue weighted by molar-refractivity contribution is 5.76. The Kier molecular flexibility index (Phi) is 7.12. The van der Waals surface area contributed by atoms with Crippen molar-refractivity contribution in [1.29, 1.82) is 0 Å². The summed E-state index contributed by atoms with van der Waals surface area (Å²) in [6.07, 6.45) is 4.02. The number of nitrogens with zero attached hydrogens (tertiary/aromatic N) is 5. The Bertz CT molecular complexity index is 1120. The minimum atomic E-state index is 0.130. The van der Waals surface area contributed by atoms with Crippen LogP contribution in [0.2, 0.25) is 0 Å². The predicted octanol–water partition coefficient (Wildman–Crippen LogP) is 2.92. The lowest BCUT2D eigenvalue weighted by Gasteiger charge is -2.43. The average Bonchev–Trinajstić information content (AvgIpc) is 3.34. The summed E-state index contributed by atoms with van der Waals surface area (Å²) in [5.41, 5.74) is 9.88. The molecule has 4 N–H and O–H groups in total. The van der Waals surface area contributed by atoms with Crippen LogP contribution in [-0.4, -0.2) is 63.5 Å². The third-order valence-electron chi connectivity index (χ3n) is 6.37. The lowest BCUT2D eigenvalue weighted by molar-refractivity contribution is -0.134. The minimum absolute atomic E-state index is 0.130. The van der Waals surface area contributed by atoms with Gasteiger partial charge in [-0.15, -0.1) is 0 Å². The maximum Gasteiger partial charge on any atom is 0.222 e. The number of aromatic amines is 1. The lowest BCUT2D eigenvalue weighted by Crippen LogP contribution is -2.57. The van der Waals surface area contributed by atoms with Crippen LogP contribution in [0.15, 0.2) is 36.7 Å². The van der Waals surface area contributed by atoms with Crippen LogP contribution in [0.25, 0.3) is 22.8 Å². The van der Waals surface area contributed by atoms with Gasteiger partial charge in [-0.1, -0.05) is 45.0 Å². The van der Waals surface area contributed by atoms with Gasteiger partial charge in [0.15, 0.2) is 17.3 Å². The van der Waals surface area contributed by atoms with E-state index in [9.17, 15) is 4.79 Å².